The molecule has 0 radical (unpaired) electrons. The zero-order chi connectivity index (χ0) is 14.9. The van der Waals surface area contributed by atoms with Gasteiger partial charge in [-0.3, -0.25) is 4.90 Å². The van der Waals surface area contributed by atoms with Crippen LogP contribution < -0.4 is 5.32 Å². The topological polar surface area (TPSA) is 15.3 Å². The first-order valence-corrected chi connectivity index (χ1v) is 8.79. The summed E-state index contributed by atoms with van der Waals surface area (Å²) in [4.78, 5) is 2.63. The van der Waals surface area contributed by atoms with Crippen molar-refractivity contribution in [3.63, 3.8) is 0 Å². The van der Waals surface area contributed by atoms with E-state index >= 15 is 0 Å². The lowest BCUT2D eigenvalue weighted by molar-refractivity contribution is 0.273. The molecule has 0 amide bonds. The predicted octanol–water partition coefficient (Wildman–Crippen LogP) is 3.85. The third-order valence-electron chi connectivity index (χ3n) is 4.56. The van der Waals surface area contributed by atoms with Crippen molar-refractivity contribution in [3.8, 4) is 0 Å². The molecule has 1 fully saturated rings. The number of rotatable bonds is 7. The maximum atomic E-state index is 3.47. The van der Waals surface area contributed by atoms with Crippen LogP contribution in [0.15, 0.2) is 24.3 Å². The van der Waals surface area contributed by atoms with Crippen LogP contribution in [-0.2, 0) is 13.0 Å². The first-order chi connectivity index (χ1) is 10.3. The Bertz CT molecular complexity index is 385. The number of nitrogens with one attached hydrogen (secondary N) is 1. The standard InChI is InChI=1S/C19H32N2/c1-3-12-20-13-10-18-6-8-19(9-7-18)16-21-14-4-5-17(2)11-15-21/h6-9,17,20H,3-5,10-16H2,1-2H3. The molecule has 0 saturated carbocycles. The van der Waals surface area contributed by atoms with Crippen molar-refractivity contribution in [2.45, 2.75) is 52.5 Å². The molecule has 1 aromatic rings. The maximum absolute atomic E-state index is 3.47. The molecule has 1 aliphatic heterocycles. The van der Waals surface area contributed by atoms with E-state index in [9.17, 15) is 0 Å². The normalized spacial score (nSPS) is 20.4. The van der Waals surface area contributed by atoms with Crippen molar-refractivity contribution < 1.29 is 0 Å². The van der Waals surface area contributed by atoms with Crippen LogP contribution >= 0.6 is 0 Å². The summed E-state index contributed by atoms with van der Waals surface area (Å²) in [7, 11) is 0. The minimum absolute atomic E-state index is 0.910. The van der Waals surface area contributed by atoms with E-state index in [0.717, 1.165) is 32.0 Å². The Labute approximate surface area is 130 Å². The Balaban J connectivity index is 1.76. The highest BCUT2D eigenvalue weighted by Crippen LogP contribution is 2.18. The summed E-state index contributed by atoms with van der Waals surface area (Å²) >= 11 is 0. The van der Waals surface area contributed by atoms with Gasteiger partial charge in [0.25, 0.3) is 0 Å². The lowest BCUT2D eigenvalue weighted by atomic mass is 10.0. The summed E-state index contributed by atoms with van der Waals surface area (Å²) < 4.78 is 0. The van der Waals surface area contributed by atoms with Crippen molar-refractivity contribution in [2.75, 3.05) is 26.2 Å². The largest absolute Gasteiger partial charge is 0.316 e. The van der Waals surface area contributed by atoms with Gasteiger partial charge in [-0.1, -0.05) is 38.1 Å². The first kappa shape index (κ1) is 16.5. The zero-order valence-electron chi connectivity index (χ0n) is 13.9. The molecule has 0 bridgehead atoms. The van der Waals surface area contributed by atoms with Gasteiger partial charge in [-0.25, -0.2) is 0 Å². The molecular formula is C19H32N2. The van der Waals surface area contributed by atoms with Crippen LogP contribution in [0.5, 0.6) is 0 Å². The number of likely N-dealkylation sites (tertiary alicyclic amines) is 1. The second-order valence-corrected chi connectivity index (χ2v) is 6.63. The fraction of sp³-hybridized carbons (Fsp3) is 0.684. The number of hydrogen-bond donors (Lipinski definition) is 1. The molecule has 118 valence electrons. The van der Waals surface area contributed by atoms with Gasteiger partial charge in [-0.2, -0.15) is 0 Å². The van der Waals surface area contributed by atoms with Gasteiger partial charge < -0.3 is 5.32 Å². The summed E-state index contributed by atoms with van der Waals surface area (Å²) in [6.07, 6.45) is 6.48. The van der Waals surface area contributed by atoms with Gasteiger partial charge in [0, 0.05) is 6.54 Å². The minimum atomic E-state index is 0.910. The van der Waals surface area contributed by atoms with E-state index in [1.165, 1.54) is 49.9 Å². The molecule has 21 heavy (non-hydrogen) atoms. The van der Waals surface area contributed by atoms with Crippen molar-refractivity contribution in [1.29, 1.82) is 0 Å². The van der Waals surface area contributed by atoms with Gasteiger partial charge in [-0.05, 0) is 75.3 Å². The molecule has 1 aromatic carbocycles. The van der Waals surface area contributed by atoms with Gasteiger partial charge in [0.15, 0.2) is 0 Å². The summed E-state index contributed by atoms with van der Waals surface area (Å²) in [5.41, 5.74) is 2.92. The fourth-order valence-electron chi connectivity index (χ4n) is 3.08. The van der Waals surface area contributed by atoms with E-state index in [4.69, 9.17) is 0 Å². The molecule has 1 aliphatic rings. The van der Waals surface area contributed by atoms with E-state index < -0.39 is 0 Å². The van der Waals surface area contributed by atoms with Crippen LogP contribution in [0.25, 0.3) is 0 Å². The van der Waals surface area contributed by atoms with Crippen molar-refractivity contribution in [1.82, 2.24) is 10.2 Å². The van der Waals surface area contributed by atoms with Gasteiger partial charge >= 0.3 is 0 Å². The second-order valence-electron chi connectivity index (χ2n) is 6.63. The molecule has 0 aromatic heterocycles. The smallest absolute Gasteiger partial charge is 0.0233 e. The lowest BCUT2D eigenvalue weighted by Crippen LogP contribution is -2.24. The first-order valence-electron chi connectivity index (χ1n) is 8.79. The number of hydrogen-bond acceptors (Lipinski definition) is 2. The van der Waals surface area contributed by atoms with Gasteiger partial charge in [-0.15, -0.1) is 0 Å². The van der Waals surface area contributed by atoms with Crippen LogP contribution in [0, 0.1) is 5.92 Å². The second kappa shape index (κ2) is 9.22. The van der Waals surface area contributed by atoms with E-state index in [1.54, 1.807) is 0 Å². The number of nitrogens with zero attached hydrogens (tertiary/aromatic N) is 1. The average Bonchev–Trinajstić information content (AvgIpc) is 2.70. The fourth-order valence-corrected chi connectivity index (χ4v) is 3.08. The third-order valence-corrected chi connectivity index (χ3v) is 4.56. The minimum Gasteiger partial charge on any atom is -0.316 e. The van der Waals surface area contributed by atoms with E-state index in [-0.39, 0.29) is 0 Å². The quantitative estimate of drug-likeness (QED) is 0.767. The van der Waals surface area contributed by atoms with E-state index in [1.807, 2.05) is 0 Å². The molecule has 2 nitrogen and oxygen atoms in total. The van der Waals surface area contributed by atoms with Crippen molar-refractivity contribution in [2.24, 2.45) is 5.92 Å². The summed E-state index contributed by atoms with van der Waals surface area (Å²) in [5.74, 6) is 0.910. The number of benzene rings is 1. The van der Waals surface area contributed by atoms with Crippen LogP contribution in [0.1, 0.15) is 50.7 Å². The molecule has 2 heteroatoms. The van der Waals surface area contributed by atoms with Crippen LogP contribution in [0.3, 0.4) is 0 Å². The molecule has 0 spiro atoms. The Hall–Kier alpha value is -0.860. The Morgan fingerprint density at radius 1 is 1.05 bits per heavy atom. The molecular weight excluding hydrogens is 256 g/mol. The molecule has 0 aliphatic carbocycles. The molecule has 1 saturated heterocycles. The Kier molecular flexibility index (Phi) is 7.25. The van der Waals surface area contributed by atoms with Crippen LogP contribution in [0.2, 0.25) is 0 Å². The highest BCUT2D eigenvalue weighted by Gasteiger charge is 2.13. The van der Waals surface area contributed by atoms with Crippen LogP contribution in [-0.4, -0.2) is 31.1 Å². The third kappa shape index (κ3) is 6.19. The SMILES string of the molecule is CCCNCCc1ccc(CN2CCCC(C)CC2)cc1. The highest BCUT2D eigenvalue weighted by molar-refractivity contribution is 5.22. The predicted molar refractivity (Wildman–Crippen MR) is 91.6 cm³/mol. The van der Waals surface area contributed by atoms with Crippen molar-refractivity contribution in [3.05, 3.63) is 35.4 Å². The summed E-state index contributed by atoms with van der Waals surface area (Å²) in [6.45, 7) is 10.5. The van der Waals surface area contributed by atoms with Crippen LogP contribution in [0.4, 0.5) is 0 Å². The molecule has 1 heterocycles. The molecule has 1 unspecified atom stereocenters. The van der Waals surface area contributed by atoms with Gasteiger partial charge in [0.05, 0.1) is 0 Å². The maximum Gasteiger partial charge on any atom is 0.0233 e. The molecule has 1 N–H and O–H groups in total. The van der Waals surface area contributed by atoms with Gasteiger partial charge in [0.1, 0.15) is 0 Å². The zero-order valence-corrected chi connectivity index (χ0v) is 13.9. The van der Waals surface area contributed by atoms with E-state index in [2.05, 4.69) is 48.3 Å². The summed E-state index contributed by atoms with van der Waals surface area (Å²) in [5, 5.41) is 3.47. The van der Waals surface area contributed by atoms with Crippen molar-refractivity contribution >= 4 is 0 Å². The Morgan fingerprint density at radius 3 is 2.57 bits per heavy atom. The highest BCUT2D eigenvalue weighted by atomic mass is 15.1. The summed E-state index contributed by atoms with van der Waals surface area (Å²) in [6, 6.07) is 9.26. The monoisotopic (exact) mass is 288 g/mol. The van der Waals surface area contributed by atoms with Gasteiger partial charge in [0.2, 0.25) is 0 Å². The molecule has 2 rings (SSSR count). The Morgan fingerprint density at radius 2 is 1.81 bits per heavy atom. The molecule has 1 atom stereocenters. The average molecular weight is 288 g/mol. The lowest BCUT2D eigenvalue weighted by Gasteiger charge is -2.20. The van der Waals surface area contributed by atoms with E-state index in [0.29, 0.717) is 0 Å².